The smallest absolute Gasteiger partial charge is 0.246 e. The third-order valence-electron chi connectivity index (χ3n) is 5.64. The number of piperidine rings is 2. The third kappa shape index (κ3) is 4.41. The molecule has 0 radical (unpaired) electrons. The summed E-state index contributed by atoms with van der Waals surface area (Å²) < 4.78 is 32.7. The van der Waals surface area contributed by atoms with Gasteiger partial charge < -0.3 is 9.64 Å². The Morgan fingerprint density at radius 1 is 1.11 bits per heavy atom. The molecule has 0 aromatic heterocycles. The van der Waals surface area contributed by atoms with Crippen LogP contribution in [0.4, 0.5) is 0 Å². The predicted octanol–water partition coefficient (Wildman–Crippen LogP) is 3.01. The topological polar surface area (TPSA) is 66.9 Å². The first-order valence-corrected chi connectivity index (χ1v) is 11.3. The minimum Gasteiger partial charge on any atom is -0.495 e. The fourth-order valence-corrected chi connectivity index (χ4v) is 5.71. The maximum Gasteiger partial charge on any atom is 0.246 e. The van der Waals surface area contributed by atoms with Gasteiger partial charge in [0.25, 0.3) is 0 Å². The van der Waals surface area contributed by atoms with Gasteiger partial charge in [-0.3, -0.25) is 4.79 Å². The number of methoxy groups -OCH3 is 1. The van der Waals surface area contributed by atoms with E-state index in [9.17, 15) is 13.2 Å². The molecule has 8 heteroatoms. The number of benzene rings is 1. The Morgan fingerprint density at radius 2 is 1.74 bits per heavy atom. The molecule has 2 aliphatic rings. The Bertz CT molecular complexity index is 783. The largest absolute Gasteiger partial charge is 0.495 e. The minimum absolute atomic E-state index is 0.0762. The van der Waals surface area contributed by atoms with Crippen molar-refractivity contribution in [3.63, 3.8) is 0 Å². The summed E-state index contributed by atoms with van der Waals surface area (Å²) in [6.45, 7) is 4.52. The van der Waals surface area contributed by atoms with E-state index in [2.05, 4.69) is 6.92 Å². The number of likely N-dealkylation sites (tertiary alicyclic amines) is 1. The highest BCUT2D eigenvalue weighted by Crippen LogP contribution is 2.32. The molecular formula is C19H27ClN2O4S. The van der Waals surface area contributed by atoms with Crippen molar-refractivity contribution < 1.29 is 17.9 Å². The standard InChI is InChI=1S/C19H27ClN2O4S/c1-14-5-9-21(10-6-14)19(23)15-7-11-22(12-8-15)27(24,25)18-13-16(20)3-4-17(18)26-2/h3-4,13-15H,5-12H2,1-2H3. The molecular weight excluding hydrogens is 388 g/mol. The van der Waals surface area contributed by atoms with Crippen molar-refractivity contribution in [2.75, 3.05) is 33.3 Å². The number of hydrogen-bond donors (Lipinski definition) is 0. The van der Waals surface area contributed by atoms with Crippen molar-refractivity contribution in [3.8, 4) is 5.75 Å². The molecule has 1 aromatic carbocycles. The molecule has 2 fully saturated rings. The number of amides is 1. The van der Waals surface area contributed by atoms with Crippen molar-refractivity contribution in [3.05, 3.63) is 23.2 Å². The van der Waals surface area contributed by atoms with E-state index < -0.39 is 10.0 Å². The van der Waals surface area contributed by atoms with Gasteiger partial charge in [-0.25, -0.2) is 8.42 Å². The van der Waals surface area contributed by atoms with E-state index in [1.54, 1.807) is 12.1 Å². The van der Waals surface area contributed by atoms with Gasteiger partial charge in [-0.05, 0) is 49.8 Å². The van der Waals surface area contributed by atoms with Gasteiger partial charge >= 0.3 is 0 Å². The van der Waals surface area contributed by atoms with Crippen LogP contribution in [-0.2, 0) is 14.8 Å². The average molecular weight is 415 g/mol. The number of carbonyl (C=O) groups excluding carboxylic acids is 1. The molecule has 2 aliphatic heterocycles. The molecule has 2 saturated heterocycles. The van der Waals surface area contributed by atoms with Gasteiger partial charge in [-0.1, -0.05) is 18.5 Å². The van der Waals surface area contributed by atoms with Gasteiger partial charge in [0, 0.05) is 37.1 Å². The molecule has 3 rings (SSSR count). The van der Waals surface area contributed by atoms with Crippen molar-refractivity contribution in [2.24, 2.45) is 11.8 Å². The molecule has 1 amide bonds. The van der Waals surface area contributed by atoms with E-state index in [0.717, 1.165) is 25.9 Å². The van der Waals surface area contributed by atoms with Crippen LogP contribution in [0.25, 0.3) is 0 Å². The van der Waals surface area contributed by atoms with Crippen molar-refractivity contribution in [1.29, 1.82) is 0 Å². The fraction of sp³-hybridized carbons (Fsp3) is 0.632. The molecule has 1 aromatic rings. The van der Waals surface area contributed by atoms with E-state index in [0.29, 0.717) is 36.9 Å². The highest BCUT2D eigenvalue weighted by molar-refractivity contribution is 7.89. The van der Waals surface area contributed by atoms with Gasteiger partial charge in [0.2, 0.25) is 15.9 Å². The van der Waals surface area contributed by atoms with E-state index in [1.807, 2.05) is 4.90 Å². The van der Waals surface area contributed by atoms with Crippen LogP contribution in [0.5, 0.6) is 5.75 Å². The zero-order valence-corrected chi connectivity index (χ0v) is 17.4. The van der Waals surface area contributed by atoms with Crippen molar-refractivity contribution >= 4 is 27.5 Å². The highest BCUT2D eigenvalue weighted by atomic mass is 35.5. The normalized spacial score (nSPS) is 20.6. The lowest BCUT2D eigenvalue weighted by Crippen LogP contribution is -2.46. The first-order chi connectivity index (χ1) is 12.8. The fourth-order valence-electron chi connectivity index (χ4n) is 3.82. The Morgan fingerprint density at radius 3 is 2.33 bits per heavy atom. The van der Waals surface area contributed by atoms with Gasteiger partial charge in [-0.2, -0.15) is 4.31 Å². The van der Waals surface area contributed by atoms with Crippen LogP contribution >= 0.6 is 11.6 Å². The lowest BCUT2D eigenvalue weighted by molar-refractivity contribution is -0.138. The summed E-state index contributed by atoms with van der Waals surface area (Å²) in [6.07, 6.45) is 3.20. The van der Waals surface area contributed by atoms with Crippen LogP contribution in [0.2, 0.25) is 5.02 Å². The van der Waals surface area contributed by atoms with Gasteiger partial charge in [-0.15, -0.1) is 0 Å². The van der Waals surface area contributed by atoms with E-state index >= 15 is 0 Å². The van der Waals surface area contributed by atoms with E-state index in [1.165, 1.54) is 17.5 Å². The number of carbonyl (C=O) groups is 1. The maximum atomic E-state index is 13.0. The second kappa shape index (κ2) is 8.37. The molecule has 150 valence electrons. The first kappa shape index (κ1) is 20.4. The molecule has 6 nitrogen and oxygen atoms in total. The number of hydrogen-bond acceptors (Lipinski definition) is 4. The molecule has 2 heterocycles. The summed E-state index contributed by atoms with van der Waals surface area (Å²) in [5.74, 6) is 1.04. The lowest BCUT2D eigenvalue weighted by atomic mass is 9.93. The zero-order chi connectivity index (χ0) is 19.6. The Labute approximate surface area is 166 Å². The Kier molecular flexibility index (Phi) is 6.33. The zero-order valence-electron chi connectivity index (χ0n) is 15.9. The number of rotatable bonds is 4. The third-order valence-corrected chi connectivity index (χ3v) is 7.80. The summed E-state index contributed by atoms with van der Waals surface area (Å²) >= 11 is 5.99. The maximum absolute atomic E-state index is 13.0. The van der Waals surface area contributed by atoms with Gasteiger partial charge in [0.1, 0.15) is 10.6 Å². The monoisotopic (exact) mass is 414 g/mol. The first-order valence-electron chi connectivity index (χ1n) is 9.45. The molecule has 0 bridgehead atoms. The Hall–Kier alpha value is -1.31. The van der Waals surface area contributed by atoms with E-state index in [-0.39, 0.29) is 22.5 Å². The highest BCUT2D eigenvalue weighted by Gasteiger charge is 2.35. The van der Waals surface area contributed by atoms with Crippen LogP contribution in [0.1, 0.15) is 32.6 Å². The average Bonchev–Trinajstić information content (AvgIpc) is 2.68. The van der Waals surface area contributed by atoms with Gasteiger partial charge in [0.15, 0.2) is 0 Å². The van der Waals surface area contributed by atoms with Crippen LogP contribution in [0.15, 0.2) is 23.1 Å². The van der Waals surface area contributed by atoms with Crippen molar-refractivity contribution in [2.45, 2.75) is 37.5 Å². The molecule has 0 N–H and O–H groups in total. The summed E-state index contributed by atoms with van der Waals surface area (Å²) in [5, 5.41) is 0.346. The summed E-state index contributed by atoms with van der Waals surface area (Å²) in [5.41, 5.74) is 0. The molecule has 0 saturated carbocycles. The minimum atomic E-state index is -3.71. The van der Waals surface area contributed by atoms with Crippen LogP contribution in [0, 0.1) is 11.8 Å². The molecule has 0 spiro atoms. The molecule has 0 aliphatic carbocycles. The Balaban J connectivity index is 1.66. The summed E-state index contributed by atoms with van der Waals surface area (Å²) in [4.78, 5) is 14.8. The van der Waals surface area contributed by atoms with Crippen LogP contribution in [0.3, 0.4) is 0 Å². The predicted molar refractivity (Wildman–Crippen MR) is 104 cm³/mol. The number of ether oxygens (including phenoxy) is 1. The number of halogens is 1. The van der Waals surface area contributed by atoms with Crippen LogP contribution in [-0.4, -0.2) is 56.8 Å². The number of sulfonamides is 1. The number of nitrogens with zero attached hydrogens (tertiary/aromatic N) is 2. The van der Waals surface area contributed by atoms with Gasteiger partial charge in [0.05, 0.1) is 7.11 Å². The van der Waals surface area contributed by atoms with Crippen LogP contribution < -0.4 is 4.74 Å². The molecule has 0 atom stereocenters. The SMILES string of the molecule is COc1ccc(Cl)cc1S(=O)(=O)N1CCC(C(=O)N2CCC(C)CC2)CC1. The second-order valence-electron chi connectivity index (χ2n) is 7.48. The second-order valence-corrected chi connectivity index (χ2v) is 9.82. The lowest BCUT2D eigenvalue weighted by Gasteiger charge is -2.36. The van der Waals surface area contributed by atoms with E-state index in [4.69, 9.17) is 16.3 Å². The molecule has 0 unspecified atom stereocenters. The summed E-state index contributed by atoms with van der Waals surface area (Å²) in [6, 6.07) is 4.58. The molecule has 27 heavy (non-hydrogen) atoms. The van der Waals surface area contributed by atoms with Crippen molar-refractivity contribution in [1.82, 2.24) is 9.21 Å². The quantitative estimate of drug-likeness (QED) is 0.759. The summed E-state index contributed by atoms with van der Waals surface area (Å²) in [7, 11) is -2.27.